The molecule has 22 heavy (non-hydrogen) atoms. The van der Waals surface area contributed by atoms with E-state index in [1.165, 1.54) is 0 Å². The lowest BCUT2D eigenvalue weighted by atomic mass is 10.0. The second kappa shape index (κ2) is 8.32. The summed E-state index contributed by atoms with van der Waals surface area (Å²) in [6.45, 7) is 1.01. The number of hydrogen-bond acceptors (Lipinski definition) is 3. The molecule has 1 amide bonds. The molecular formula is C18H22N2O2. The predicted octanol–water partition coefficient (Wildman–Crippen LogP) is 1.91. The third-order valence-electron chi connectivity index (χ3n) is 3.55. The number of aliphatic hydroxyl groups is 1. The Morgan fingerprint density at radius 1 is 1.09 bits per heavy atom. The molecule has 2 rings (SSSR count). The van der Waals surface area contributed by atoms with E-state index in [0.717, 1.165) is 24.1 Å². The number of rotatable bonds is 7. The maximum Gasteiger partial charge on any atom is 0.251 e. The van der Waals surface area contributed by atoms with Crippen LogP contribution in [-0.4, -0.2) is 31.2 Å². The van der Waals surface area contributed by atoms with E-state index < -0.39 is 6.10 Å². The lowest BCUT2D eigenvalue weighted by molar-refractivity contribution is 0.0915. The van der Waals surface area contributed by atoms with Gasteiger partial charge < -0.3 is 15.7 Å². The van der Waals surface area contributed by atoms with Crippen LogP contribution in [0.5, 0.6) is 0 Å². The van der Waals surface area contributed by atoms with Gasteiger partial charge in [-0.25, -0.2) is 0 Å². The number of carbonyl (C=O) groups excluding carboxylic acids is 1. The standard InChI is InChI=1S/C18H22N2O2/c1-19-12-11-14-7-5-6-10-16(14)18(22)20-13-17(21)15-8-3-2-4-9-15/h2-10,17,19,21H,11-13H2,1H3,(H,20,22). The minimum atomic E-state index is -0.699. The van der Waals surface area contributed by atoms with Gasteiger partial charge in [0.15, 0.2) is 0 Å². The SMILES string of the molecule is CNCCc1ccccc1C(=O)NCC(O)c1ccccc1. The Morgan fingerprint density at radius 3 is 2.50 bits per heavy atom. The Balaban J connectivity index is 1.98. The molecule has 3 N–H and O–H groups in total. The molecule has 0 fully saturated rings. The average molecular weight is 298 g/mol. The highest BCUT2D eigenvalue weighted by Crippen LogP contribution is 2.12. The molecule has 0 aliphatic carbocycles. The third kappa shape index (κ3) is 4.41. The van der Waals surface area contributed by atoms with Crippen LogP contribution >= 0.6 is 0 Å². The summed E-state index contributed by atoms with van der Waals surface area (Å²) in [5.41, 5.74) is 2.47. The molecule has 0 heterocycles. The molecule has 0 saturated carbocycles. The molecule has 0 aromatic heterocycles. The van der Waals surface area contributed by atoms with Crippen molar-refractivity contribution >= 4 is 5.91 Å². The van der Waals surface area contributed by atoms with Gasteiger partial charge in [0.05, 0.1) is 6.10 Å². The van der Waals surface area contributed by atoms with E-state index in [9.17, 15) is 9.90 Å². The zero-order valence-corrected chi connectivity index (χ0v) is 12.8. The van der Waals surface area contributed by atoms with Crippen LogP contribution in [0.15, 0.2) is 54.6 Å². The number of likely N-dealkylation sites (N-methyl/N-ethyl adjacent to an activating group) is 1. The molecule has 2 aromatic carbocycles. The Hall–Kier alpha value is -2.17. The molecule has 4 nitrogen and oxygen atoms in total. The van der Waals surface area contributed by atoms with Gasteiger partial charge in [-0.2, -0.15) is 0 Å². The first-order valence-corrected chi connectivity index (χ1v) is 7.46. The third-order valence-corrected chi connectivity index (χ3v) is 3.55. The molecule has 0 saturated heterocycles. The number of benzene rings is 2. The highest BCUT2D eigenvalue weighted by atomic mass is 16.3. The fraction of sp³-hybridized carbons (Fsp3) is 0.278. The van der Waals surface area contributed by atoms with Gasteiger partial charge >= 0.3 is 0 Å². The fourth-order valence-electron chi connectivity index (χ4n) is 2.30. The van der Waals surface area contributed by atoms with Crippen molar-refractivity contribution in [1.29, 1.82) is 0 Å². The zero-order valence-electron chi connectivity index (χ0n) is 12.8. The first-order chi connectivity index (χ1) is 10.7. The van der Waals surface area contributed by atoms with Gasteiger partial charge in [-0.05, 0) is 37.2 Å². The van der Waals surface area contributed by atoms with Crippen LogP contribution in [0, 0.1) is 0 Å². The summed E-state index contributed by atoms with van der Waals surface area (Å²) in [4.78, 5) is 12.3. The van der Waals surface area contributed by atoms with E-state index in [4.69, 9.17) is 0 Å². The van der Waals surface area contributed by atoms with Crippen molar-refractivity contribution in [3.63, 3.8) is 0 Å². The normalized spacial score (nSPS) is 11.9. The second-order valence-corrected chi connectivity index (χ2v) is 5.15. The first-order valence-electron chi connectivity index (χ1n) is 7.46. The van der Waals surface area contributed by atoms with Crippen molar-refractivity contribution in [1.82, 2.24) is 10.6 Å². The number of amides is 1. The molecule has 0 aliphatic heterocycles. The summed E-state index contributed by atoms with van der Waals surface area (Å²) in [7, 11) is 1.89. The number of aliphatic hydroxyl groups excluding tert-OH is 1. The summed E-state index contributed by atoms with van der Waals surface area (Å²) in [6, 6.07) is 16.9. The lowest BCUT2D eigenvalue weighted by Crippen LogP contribution is -2.29. The molecule has 0 radical (unpaired) electrons. The molecule has 2 aromatic rings. The first kappa shape index (κ1) is 16.2. The van der Waals surface area contributed by atoms with Crippen LogP contribution in [0.2, 0.25) is 0 Å². The van der Waals surface area contributed by atoms with Crippen LogP contribution in [0.4, 0.5) is 0 Å². The molecule has 0 aliphatic rings. The smallest absolute Gasteiger partial charge is 0.251 e. The molecule has 116 valence electrons. The highest BCUT2D eigenvalue weighted by molar-refractivity contribution is 5.95. The summed E-state index contributed by atoms with van der Waals surface area (Å²) < 4.78 is 0. The van der Waals surface area contributed by atoms with E-state index in [1.54, 1.807) is 0 Å². The van der Waals surface area contributed by atoms with Crippen LogP contribution in [0.3, 0.4) is 0 Å². The van der Waals surface area contributed by atoms with Crippen molar-refractivity contribution in [2.45, 2.75) is 12.5 Å². The predicted molar refractivity (Wildman–Crippen MR) is 87.8 cm³/mol. The fourth-order valence-corrected chi connectivity index (χ4v) is 2.30. The van der Waals surface area contributed by atoms with Gasteiger partial charge in [0.2, 0.25) is 0 Å². The van der Waals surface area contributed by atoms with Gasteiger partial charge in [0, 0.05) is 12.1 Å². The minimum Gasteiger partial charge on any atom is -0.387 e. The summed E-state index contributed by atoms with van der Waals surface area (Å²) in [5.74, 6) is -0.151. The van der Waals surface area contributed by atoms with Gasteiger partial charge in [0.1, 0.15) is 0 Å². The van der Waals surface area contributed by atoms with Crippen LogP contribution in [0.25, 0.3) is 0 Å². The van der Waals surface area contributed by atoms with Crippen molar-refractivity contribution in [3.05, 3.63) is 71.3 Å². The van der Waals surface area contributed by atoms with Gasteiger partial charge in [-0.15, -0.1) is 0 Å². The van der Waals surface area contributed by atoms with Crippen LogP contribution in [-0.2, 0) is 6.42 Å². The number of nitrogens with one attached hydrogen (secondary N) is 2. The Labute approximate surface area is 131 Å². The van der Waals surface area contributed by atoms with Crippen molar-refractivity contribution < 1.29 is 9.90 Å². The number of hydrogen-bond donors (Lipinski definition) is 3. The maximum absolute atomic E-state index is 12.3. The Morgan fingerprint density at radius 2 is 1.77 bits per heavy atom. The zero-order chi connectivity index (χ0) is 15.8. The second-order valence-electron chi connectivity index (χ2n) is 5.15. The van der Waals surface area contributed by atoms with Crippen molar-refractivity contribution in [3.8, 4) is 0 Å². The molecular weight excluding hydrogens is 276 g/mol. The molecule has 4 heteroatoms. The van der Waals surface area contributed by atoms with E-state index >= 15 is 0 Å². The van der Waals surface area contributed by atoms with E-state index in [-0.39, 0.29) is 12.5 Å². The molecule has 0 bridgehead atoms. The topological polar surface area (TPSA) is 61.4 Å². The maximum atomic E-state index is 12.3. The van der Waals surface area contributed by atoms with E-state index in [0.29, 0.717) is 5.56 Å². The monoisotopic (exact) mass is 298 g/mol. The Kier molecular flexibility index (Phi) is 6.13. The average Bonchev–Trinajstić information content (AvgIpc) is 2.58. The summed E-state index contributed by atoms with van der Waals surface area (Å²) >= 11 is 0. The van der Waals surface area contributed by atoms with Gasteiger partial charge in [0.25, 0.3) is 5.91 Å². The highest BCUT2D eigenvalue weighted by Gasteiger charge is 2.13. The van der Waals surface area contributed by atoms with Gasteiger partial charge in [-0.3, -0.25) is 4.79 Å². The summed E-state index contributed by atoms with van der Waals surface area (Å²) in [6.07, 6.45) is 0.0936. The largest absolute Gasteiger partial charge is 0.387 e. The van der Waals surface area contributed by atoms with Crippen molar-refractivity contribution in [2.75, 3.05) is 20.1 Å². The van der Waals surface area contributed by atoms with Crippen LogP contribution in [0.1, 0.15) is 27.6 Å². The molecule has 1 unspecified atom stereocenters. The quantitative estimate of drug-likeness (QED) is 0.732. The van der Waals surface area contributed by atoms with E-state index in [2.05, 4.69) is 10.6 Å². The summed E-state index contributed by atoms with van der Waals surface area (Å²) in [5, 5.41) is 16.0. The lowest BCUT2D eigenvalue weighted by Gasteiger charge is -2.14. The Bertz CT molecular complexity index is 599. The van der Waals surface area contributed by atoms with Crippen molar-refractivity contribution in [2.24, 2.45) is 0 Å². The van der Waals surface area contributed by atoms with Gasteiger partial charge in [-0.1, -0.05) is 48.5 Å². The van der Waals surface area contributed by atoms with Crippen LogP contribution < -0.4 is 10.6 Å². The molecule has 0 spiro atoms. The minimum absolute atomic E-state index is 0.151. The van der Waals surface area contributed by atoms with E-state index in [1.807, 2.05) is 61.6 Å². The molecule has 1 atom stereocenters. The number of carbonyl (C=O) groups is 1.